The molecule has 0 radical (unpaired) electrons. The Bertz CT molecular complexity index is 1460. The van der Waals surface area contributed by atoms with Gasteiger partial charge in [0, 0.05) is 24.3 Å². The van der Waals surface area contributed by atoms with E-state index in [-0.39, 0.29) is 0 Å². The van der Waals surface area contributed by atoms with Crippen LogP contribution in [-0.4, -0.2) is 28.8 Å². The van der Waals surface area contributed by atoms with Crippen molar-refractivity contribution >= 4 is 23.0 Å². The van der Waals surface area contributed by atoms with Gasteiger partial charge in [-0.25, -0.2) is 4.68 Å². The van der Waals surface area contributed by atoms with Crippen molar-refractivity contribution in [2.45, 2.75) is 19.4 Å². The molecule has 4 N–H and O–H groups in total. The average Bonchev–Trinajstić information content (AvgIpc) is 3.18. The van der Waals surface area contributed by atoms with Gasteiger partial charge in [-0.2, -0.15) is 5.10 Å². The molecule has 1 amide bonds. The number of benzene rings is 3. The minimum Gasteiger partial charge on any atom is -0.457 e. The van der Waals surface area contributed by atoms with Crippen LogP contribution in [0.15, 0.2) is 78.9 Å². The van der Waals surface area contributed by atoms with E-state index in [0.717, 1.165) is 42.9 Å². The first-order valence-corrected chi connectivity index (χ1v) is 12.2. The van der Waals surface area contributed by atoms with Crippen LogP contribution in [0.1, 0.15) is 27.9 Å². The second kappa shape index (κ2) is 9.36. The third-order valence-corrected chi connectivity index (χ3v) is 6.69. The maximum absolute atomic E-state index is 12.6. The number of aryl methyl sites for hydroxylation is 2. The molecule has 0 saturated heterocycles. The third kappa shape index (κ3) is 4.25. The number of primary amides is 1. The summed E-state index contributed by atoms with van der Waals surface area (Å²) in [6.07, 6.45) is 4.09. The number of fused-ring (bicyclic) bond motifs is 2. The van der Waals surface area contributed by atoms with Gasteiger partial charge in [-0.15, -0.1) is 0 Å². The summed E-state index contributed by atoms with van der Waals surface area (Å²) in [7, 11) is 0. The van der Waals surface area contributed by atoms with Crippen LogP contribution in [0.25, 0.3) is 16.8 Å². The first-order valence-electron chi connectivity index (χ1n) is 12.2. The van der Waals surface area contributed by atoms with E-state index >= 15 is 0 Å². The second-order valence-electron chi connectivity index (χ2n) is 9.03. The Morgan fingerprint density at radius 3 is 2.47 bits per heavy atom. The molecule has 0 saturated carbocycles. The highest BCUT2D eigenvalue weighted by Gasteiger charge is 2.26. The number of hydrogen-bond donors (Lipinski definition) is 3. The topological polar surface area (TPSA) is 94.2 Å². The number of rotatable bonds is 5. The van der Waals surface area contributed by atoms with Gasteiger partial charge in [0.1, 0.15) is 28.6 Å². The quantitative estimate of drug-likeness (QED) is 0.371. The molecule has 7 heteroatoms. The molecule has 3 heterocycles. The normalized spacial score (nSPS) is 14.6. The number of para-hydroxylation sites is 1. The Labute approximate surface area is 209 Å². The molecule has 1 aromatic heterocycles. The van der Waals surface area contributed by atoms with Crippen LogP contribution in [0.4, 0.5) is 11.5 Å². The molecule has 6 rings (SSSR count). The number of nitrogens with zero attached hydrogens (tertiary/aromatic N) is 2. The highest BCUT2D eigenvalue weighted by atomic mass is 16.5. The minimum atomic E-state index is -0.511. The molecule has 180 valence electrons. The maximum atomic E-state index is 12.6. The Morgan fingerprint density at radius 1 is 0.944 bits per heavy atom. The molecule has 0 fully saturated rings. The van der Waals surface area contributed by atoms with Crippen LogP contribution in [0.3, 0.4) is 0 Å². The molecule has 0 bridgehead atoms. The van der Waals surface area contributed by atoms with E-state index in [0.29, 0.717) is 29.4 Å². The molecule has 36 heavy (non-hydrogen) atoms. The molecule has 0 aliphatic carbocycles. The van der Waals surface area contributed by atoms with Crippen molar-refractivity contribution in [1.29, 1.82) is 0 Å². The van der Waals surface area contributed by atoms with Crippen LogP contribution < -0.4 is 21.1 Å². The number of carbonyl (C=O) groups is 1. The van der Waals surface area contributed by atoms with Gasteiger partial charge < -0.3 is 21.1 Å². The van der Waals surface area contributed by atoms with E-state index < -0.39 is 5.91 Å². The van der Waals surface area contributed by atoms with Gasteiger partial charge in [-0.1, -0.05) is 30.3 Å². The van der Waals surface area contributed by atoms with E-state index in [1.807, 2.05) is 59.3 Å². The number of amides is 1. The van der Waals surface area contributed by atoms with E-state index in [1.165, 1.54) is 16.7 Å². The number of carbonyl (C=O) groups excluding carboxylic acids is 1. The summed E-state index contributed by atoms with van der Waals surface area (Å²) < 4.78 is 7.75. The average molecular weight is 478 g/mol. The maximum Gasteiger partial charge on any atom is 0.254 e. The molecule has 7 nitrogen and oxygen atoms in total. The monoisotopic (exact) mass is 477 g/mol. The van der Waals surface area contributed by atoms with Crippen LogP contribution in [0.2, 0.25) is 0 Å². The van der Waals surface area contributed by atoms with Crippen LogP contribution in [0.5, 0.6) is 11.5 Å². The first-order chi connectivity index (χ1) is 17.7. The standard InChI is InChI=1S/C29H27N5O2/c30-28(35)26-27(20-6-9-24(10-7-20)36-23-4-2-1-3-5-23)33-34-17-14-22-18-21(19-12-15-31-16-13-19)8-11-25(22)32-29(26)34/h1-12,18,31-32H,13-17H2,(H2,30,35). The lowest BCUT2D eigenvalue weighted by atomic mass is 9.96. The Morgan fingerprint density at radius 2 is 1.72 bits per heavy atom. The van der Waals surface area contributed by atoms with Crippen molar-refractivity contribution in [3.8, 4) is 22.8 Å². The molecule has 2 aliphatic heterocycles. The highest BCUT2D eigenvalue weighted by Crippen LogP contribution is 2.36. The predicted octanol–water partition coefficient (Wildman–Crippen LogP) is 5.12. The number of nitrogens with one attached hydrogen (secondary N) is 2. The Kier molecular flexibility index (Phi) is 5.75. The van der Waals surface area contributed by atoms with Crippen molar-refractivity contribution < 1.29 is 9.53 Å². The van der Waals surface area contributed by atoms with E-state index in [4.69, 9.17) is 15.6 Å². The van der Waals surface area contributed by atoms with Gasteiger partial charge in [-0.05, 0) is 84.6 Å². The van der Waals surface area contributed by atoms with E-state index in [1.54, 1.807) is 0 Å². The van der Waals surface area contributed by atoms with Crippen LogP contribution in [0, 0.1) is 0 Å². The van der Waals surface area contributed by atoms with Gasteiger partial charge in [0.2, 0.25) is 0 Å². The summed E-state index contributed by atoms with van der Waals surface area (Å²) in [5.74, 6) is 1.59. The lowest BCUT2D eigenvalue weighted by molar-refractivity contribution is 0.100. The molecule has 0 atom stereocenters. The van der Waals surface area contributed by atoms with Crippen molar-refractivity contribution in [3.63, 3.8) is 0 Å². The second-order valence-corrected chi connectivity index (χ2v) is 9.03. The van der Waals surface area contributed by atoms with Gasteiger partial charge in [0.15, 0.2) is 0 Å². The summed E-state index contributed by atoms with van der Waals surface area (Å²) in [6, 6.07) is 23.7. The lowest BCUT2D eigenvalue weighted by Crippen LogP contribution is -2.20. The molecular formula is C29H27N5O2. The van der Waals surface area contributed by atoms with Crippen molar-refractivity contribution in [3.05, 3.63) is 95.6 Å². The summed E-state index contributed by atoms with van der Waals surface area (Å²) in [6.45, 7) is 2.56. The minimum absolute atomic E-state index is 0.393. The molecule has 2 aliphatic rings. The summed E-state index contributed by atoms with van der Waals surface area (Å²) in [5, 5.41) is 11.6. The number of anilines is 2. The van der Waals surface area contributed by atoms with Gasteiger partial charge in [-0.3, -0.25) is 4.79 Å². The fraction of sp³-hybridized carbons (Fsp3) is 0.172. The predicted molar refractivity (Wildman–Crippen MR) is 142 cm³/mol. The molecule has 4 aromatic rings. The summed E-state index contributed by atoms with van der Waals surface area (Å²) >= 11 is 0. The van der Waals surface area contributed by atoms with E-state index in [9.17, 15) is 4.79 Å². The van der Waals surface area contributed by atoms with Crippen LogP contribution in [-0.2, 0) is 13.0 Å². The molecule has 3 aromatic carbocycles. The first kappa shape index (κ1) is 22.1. The highest BCUT2D eigenvalue weighted by molar-refractivity contribution is 6.04. The Balaban J connectivity index is 1.31. The number of nitrogens with two attached hydrogens (primary N) is 1. The van der Waals surface area contributed by atoms with Gasteiger partial charge in [0.05, 0.1) is 0 Å². The number of ether oxygens (including phenoxy) is 1. The van der Waals surface area contributed by atoms with Crippen molar-refractivity contribution in [1.82, 2.24) is 15.1 Å². The molecular weight excluding hydrogens is 450 g/mol. The van der Waals surface area contributed by atoms with Gasteiger partial charge in [0.25, 0.3) is 5.91 Å². The zero-order valence-electron chi connectivity index (χ0n) is 19.8. The lowest BCUT2D eigenvalue weighted by Gasteiger charge is -2.16. The number of aromatic nitrogens is 2. The molecule has 0 spiro atoms. The fourth-order valence-corrected chi connectivity index (χ4v) is 4.85. The zero-order valence-corrected chi connectivity index (χ0v) is 19.8. The van der Waals surface area contributed by atoms with E-state index in [2.05, 4.69) is 34.9 Å². The SMILES string of the molecule is NC(=O)c1c(-c2ccc(Oc3ccccc3)cc2)nn2c1Nc1ccc(C3=CCNCC3)cc1CC2. The summed E-state index contributed by atoms with van der Waals surface area (Å²) in [5.41, 5.74) is 12.5. The zero-order chi connectivity index (χ0) is 24.5. The van der Waals surface area contributed by atoms with Gasteiger partial charge >= 0.3 is 0 Å². The Hall–Kier alpha value is -4.36. The molecule has 0 unspecified atom stereocenters. The van der Waals surface area contributed by atoms with Crippen LogP contribution >= 0.6 is 0 Å². The van der Waals surface area contributed by atoms with Crippen molar-refractivity contribution in [2.75, 3.05) is 18.4 Å². The number of hydrogen-bond acceptors (Lipinski definition) is 5. The van der Waals surface area contributed by atoms with Crippen molar-refractivity contribution in [2.24, 2.45) is 5.73 Å². The smallest absolute Gasteiger partial charge is 0.254 e. The third-order valence-electron chi connectivity index (χ3n) is 6.69. The largest absolute Gasteiger partial charge is 0.457 e. The summed E-state index contributed by atoms with van der Waals surface area (Å²) in [4.78, 5) is 12.6. The fourth-order valence-electron chi connectivity index (χ4n) is 4.85.